The number of piperidine rings is 1. The van der Waals surface area contributed by atoms with Crippen molar-refractivity contribution in [2.45, 2.75) is 25.8 Å². The Morgan fingerprint density at radius 2 is 1.73 bits per heavy atom. The summed E-state index contributed by atoms with van der Waals surface area (Å²) >= 11 is 12.0. The minimum atomic E-state index is -0.362. The number of nitrogens with zero attached hydrogens (tertiary/aromatic N) is 2. The Bertz CT molecular complexity index is 714. The molecule has 2 saturated heterocycles. The maximum Gasteiger partial charge on any atom is 0.229 e. The van der Waals surface area contributed by atoms with E-state index in [9.17, 15) is 14.7 Å². The summed E-state index contributed by atoms with van der Waals surface area (Å²) in [4.78, 5) is 27.3. The third-order valence-corrected chi connectivity index (χ3v) is 6.19. The van der Waals surface area contributed by atoms with Crippen molar-refractivity contribution in [3.8, 4) is 5.75 Å². The van der Waals surface area contributed by atoms with E-state index < -0.39 is 0 Å². The number of rotatable bonds is 3. The van der Waals surface area contributed by atoms with Crippen LogP contribution >= 0.6 is 23.2 Å². The van der Waals surface area contributed by atoms with Crippen LogP contribution in [0.1, 0.15) is 31.4 Å². The van der Waals surface area contributed by atoms with Crippen LogP contribution in [0.2, 0.25) is 10.0 Å². The molecule has 1 aromatic carbocycles. The van der Waals surface area contributed by atoms with Crippen molar-refractivity contribution in [1.29, 1.82) is 0 Å². The highest BCUT2D eigenvalue weighted by molar-refractivity contribution is 6.42. The Kier molecular flexibility index (Phi) is 5.65. The van der Waals surface area contributed by atoms with Gasteiger partial charge in [-0.1, -0.05) is 23.2 Å². The number of hydrogen-bond donors (Lipinski definition) is 2. The van der Waals surface area contributed by atoms with Crippen LogP contribution in [0.25, 0.3) is 0 Å². The van der Waals surface area contributed by atoms with Crippen LogP contribution in [0.4, 0.5) is 0 Å². The number of likely N-dealkylation sites (tertiary alicyclic amines) is 2. The molecule has 3 N–H and O–H groups in total. The predicted octanol–water partition coefficient (Wildman–Crippen LogP) is 2.42. The molecule has 0 radical (unpaired) electrons. The molecule has 26 heavy (non-hydrogen) atoms. The van der Waals surface area contributed by atoms with Gasteiger partial charge in [0.1, 0.15) is 5.75 Å². The third-order valence-electron chi connectivity index (χ3n) is 5.46. The lowest BCUT2D eigenvalue weighted by atomic mass is 9.85. The summed E-state index contributed by atoms with van der Waals surface area (Å²) in [5.74, 6) is 0.247. The molecule has 2 aliphatic heterocycles. The highest BCUT2D eigenvalue weighted by Gasteiger charge is 2.38. The number of benzene rings is 1. The zero-order chi connectivity index (χ0) is 19.0. The number of nitrogens with two attached hydrogens (primary N) is 1. The molecule has 1 atom stereocenters. The van der Waals surface area contributed by atoms with Gasteiger partial charge >= 0.3 is 0 Å². The Balaban J connectivity index is 1.56. The number of phenols is 1. The minimum absolute atomic E-state index is 0.0140. The zero-order valence-corrected chi connectivity index (χ0v) is 16.1. The first kappa shape index (κ1) is 19.3. The zero-order valence-electron chi connectivity index (χ0n) is 14.6. The summed E-state index contributed by atoms with van der Waals surface area (Å²) in [6, 6.07) is 2.67. The van der Waals surface area contributed by atoms with E-state index >= 15 is 0 Å². The molecule has 2 heterocycles. The van der Waals surface area contributed by atoms with Crippen LogP contribution < -0.4 is 5.73 Å². The van der Waals surface area contributed by atoms with Gasteiger partial charge in [0.2, 0.25) is 11.8 Å². The molecule has 6 nitrogen and oxygen atoms in total. The predicted molar refractivity (Wildman–Crippen MR) is 100 cm³/mol. The van der Waals surface area contributed by atoms with E-state index in [0.717, 1.165) is 12.8 Å². The van der Waals surface area contributed by atoms with Crippen molar-refractivity contribution in [3.05, 3.63) is 27.7 Å². The lowest BCUT2D eigenvalue weighted by Crippen LogP contribution is -2.57. The summed E-state index contributed by atoms with van der Waals surface area (Å²) in [7, 11) is 0. The highest BCUT2D eigenvalue weighted by atomic mass is 35.5. The third kappa shape index (κ3) is 3.77. The summed E-state index contributed by atoms with van der Waals surface area (Å²) in [5.41, 5.74) is 6.93. The lowest BCUT2D eigenvalue weighted by molar-refractivity contribution is -0.148. The summed E-state index contributed by atoms with van der Waals surface area (Å²) in [6.45, 7) is 3.83. The Morgan fingerprint density at radius 3 is 2.31 bits per heavy atom. The number of amides is 2. The van der Waals surface area contributed by atoms with Crippen LogP contribution in [-0.2, 0) is 9.59 Å². The van der Waals surface area contributed by atoms with E-state index in [1.54, 1.807) is 11.0 Å². The van der Waals surface area contributed by atoms with Gasteiger partial charge in [0, 0.05) is 50.8 Å². The number of carbonyl (C=O) groups is 2. The molecule has 0 unspecified atom stereocenters. The highest BCUT2D eigenvalue weighted by Crippen LogP contribution is 2.38. The van der Waals surface area contributed by atoms with E-state index in [1.807, 2.05) is 4.90 Å². The van der Waals surface area contributed by atoms with Crippen molar-refractivity contribution in [1.82, 2.24) is 9.80 Å². The van der Waals surface area contributed by atoms with Crippen LogP contribution in [0, 0.1) is 11.8 Å². The van der Waals surface area contributed by atoms with Gasteiger partial charge in [-0.15, -0.1) is 0 Å². The molecule has 0 bridgehead atoms. The Labute approximate surface area is 162 Å². The van der Waals surface area contributed by atoms with Gasteiger partial charge in [-0.25, -0.2) is 0 Å². The van der Waals surface area contributed by atoms with Crippen molar-refractivity contribution in [3.63, 3.8) is 0 Å². The molecule has 0 aliphatic carbocycles. The quantitative estimate of drug-likeness (QED) is 0.816. The van der Waals surface area contributed by atoms with Gasteiger partial charge in [0.25, 0.3) is 0 Å². The second-order valence-electron chi connectivity index (χ2n) is 7.13. The van der Waals surface area contributed by atoms with Crippen molar-refractivity contribution in [2.24, 2.45) is 17.6 Å². The van der Waals surface area contributed by atoms with E-state index in [0.29, 0.717) is 41.8 Å². The van der Waals surface area contributed by atoms with Crippen LogP contribution in [0.3, 0.4) is 0 Å². The van der Waals surface area contributed by atoms with Crippen molar-refractivity contribution < 1.29 is 14.7 Å². The Hall–Kier alpha value is -1.50. The van der Waals surface area contributed by atoms with E-state index in [2.05, 4.69) is 0 Å². The first-order valence-electron chi connectivity index (χ1n) is 8.75. The van der Waals surface area contributed by atoms with Crippen LogP contribution in [0.15, 0.2) is 12.1 Å². The molecule has 0 spiro atoms. The molecule has 0 aromatic heterocycles. The molecule has 2 amide bonds. The molecule has 2 aliphatic rings. The van der Waals surface area contributed by atoms with Gasteiger partial charge in [0.05, 0.1) is 16.0 Å². The molecule has 8 heteroatoms. The van der Waals surface area contributed by atoms with Gasteiger partial charge in [-0.3, -0.25) is 9.59 Å². The second kappa shape index (κ2) is 7.62. The monoisotopic (exact) mass is 399 g/mol. The fourth-order valence-corrected chi connectivity index (χ4v) is 4.03. The van der Waals surface area contributed by atoms with Crippen molar-refractivity contribution in [2.75, 3.05) is 26.2 Å². The maximum absolute atomic E-state index is 12.5. The Morgan fingerprint density at radius 1 is 1.15 bits per heavy atom. The molecule has 0 saturated carbocycles. The van der Waals surface area contributed by atoms with E-state index in [-0.39, 0.29) is 35.4 Å². The molecule has 3 rings (SSSR count). The largest absolute Gasteiger partial charge is 0.508 e. The van der Waals surface area contributed by atoms with Crippen LogP contribution in [-0.4, -0.2) is 52.9 Å². The molecular weight excluding hydrogens is 377 g/mol. The molecule has 1 aromatic rings. The number of hydrogen-bond acceptors (Lipinski definition) is 4. The summed E-state index contributed by atoms with van der Waals surface area (Å²) < 4.78 is 0. The first-order valence-corrected chi connectivity index (χ1v) is 9.51. The fourth-order valence-electron chi connectivity index (χ4n) is 3.70. The second-order valence-corrected chi connectivity index (χ2v) is 7.95. The van der Waals surface area contributed by atoms with Crippen molar-refractivity contribution >= 4 is 35.0 Å². The summed E-state index contributed by atoms with van der Waals surface area (Å²) in [5, 5.41) is 10.8. The standard InChI is InChI=1S/C18H23Cl2N3O3/c1-10(24)23-8-12(9-23)18(26)22-4-2-11(3-5-22)17(21)13-6-14(19)15(20)7-16(13)25/h6-7,11-12,17,25H,2-5,8-9,21H2,1H3/t17-/m1/s1. The summed E-state index contributed by atoms with van der Waals surface area (Å²) in [6.07, 6.45) is 1.52. The van der Waals surface area contributed by atoms with E-state index in [1.165, 1.54) is 13.0 Å². The number of aromatic hydroxyl groups is 1. The maximum atomic E-state index is 12.5. The average Bonchev–Trinajstić information content (AvgIpc) is 2.56. The number of halogens is 2. The van der Waals surface area contributed by atoms with Gasteiger partial charge in [-0.05, 0) is 24.8 Å². The average molecular weight is 400 g/mol. The SMILES string of the molecule is CC(=O)N1CC(C(=O)N2CCC([C@@H](N)c3cc(Cl)c(Cl)cc3O)CC2)C1. The van der Waals surface area contributed by atoms with Gasteiger partial charge < -0.3 is 20.6 Å². The number of phenolic OH excluding ortho intramolecular Hbond substituents is 1. The van der Waals surface area contributed by atoms with E-state index in [4.69, 9.17) is 28.9 Å². The number of carbonyl (C=O) groups excluding carboxylic acids is 2. The van der Waals surface area contributed by atoms with Crippen LogP contribution in [0.5, 0.6) is 5.75 Å². The minimum Gasteiger partial charge on any atom is -0.508 e. The molecular formula is C18H23Cl2N3O3. The first-order chi connectivity index (χ1) is 12.3. The van der Waals surface area contributed by atoms with Gasteiger partial charge in [-0.2, -0.15) is 0 Å². The smallest absolute Gasteiger partial charge is 0.229 e. The molecule has 2 fully saturated rings. The lowest BCUT2D eigenvalue weighted by Gasteiger charge is -2.42. The normalized spacial score (nSPS) is 20.0. The fraction of sp³-hybridized carbons (Fsp3) is 0.556. The van der Waals surface area contributed by atoms with Gasteiger partial charge in [0.15, 0.2) is 0 Å². The molecule has 142 valence electrons. The topological polar surface area (TPSA) is 86.9 Å².